The number of fused-ring (bicyclic) bond motifs is 4. The fraction of sp³-hybridized carbons (Fsp3) is 0.115. The van der Waals surface area contributed by atoms with E-state index in [1.54, 1.807) is 22.7 Å². The molecule has 3 aromatic heterocycles. The maximum atomic E-state index is 6.43. The zero-order valence-corrected chi connectivity index (χ0v) is 19.5. The molecule has 0 aliphatic carbocycles. The third kappa shape index (κ3) is 3.06. The first-order chi connectivity index (χ1) is 15.6. The molecule has 6 heteroatoms. The van der Waals surface area contributed by atoms with Gasteiger partial charge in [0, 0.05) is 27.8 Å². The molecule has 0 saturated heterocycles. The summed E-state index contributed by atoms with van der Waals surface area (Å²) in [5.74, 6) is 1.30. The summed E-state index contributed by atoms with van der Waals surface area (Å²) < 4.78 is 8.69. The number of nitrogens with zero attached hydrogens (tertiary/aromatic N) is 3. The van der Waals surface area contributed by atoms with E-state index in [2.05, 4.69) is 65.8 Å². The van der Waals surface area contributed by atoms with Crippen molar-refractivity contribution in [2.45, 2.75) is 20.8 Å². The van der Waals surface area contributed by atoms with Crippen LogP contribution in [0, 0.1) is 20.8 Å². The van der Waals surface area contributed by atoms with E-state index in [0.29, 0.717) is 5.88 Å². The van der Waals surface area contributed by atoms with Crippen LogP contribution in [0.25, 0.3) is 42.3 Å². The van der Waals surface area contributed by atoms with E-state index in [-0.39, 0.29) is 0 Å². The van der Waals surface area contributed by atoms with Crippen LogP contribution >= 0.6 is 22.7 Å². The van der Waals surface area contributed by atoms with Crippen LogP contribution in [0.1, 0.15) is 16.1 Å². The van der Waals surface area contributed by atoms with Crippen molar-refractivity contribution in [3.63, 3.8) is 0 Å². The molecule has 0 aliphatic rings. The van der Waals surface area contributed by atoms with Gasteiger partial charge in [0.05, 0.1) is 19.9 Å². The molecule has 0 fully saturated rings. The van der Waals surface area contributed by atoms with Crippen molar-refractivity contribution < 1.29 is 4.74 Å². The highest BCUT2D eigenvalue weighted by Crippen LogP contribution is 2.41. The molecular formula is C26H19N3OS2. The third-order valence-corrected chi connectivity index (χ3v) is 7.65. The van der Waals surface area contributed by atoms with Crippen LogP contribution < -0.4 is 4.74 Å². The first-order valence-electron chi connectivity index (χ1n) is 10.4. The molecule has 4 nitrogen and oxygen atoms in total. The van der Waals surface area contributed by atoms with Gasteiger partial charge in [0.2, 0.25) is 5.88 Å². The molecule has 0 N–H and O–H groups in total. The van der Waals surface area contributed by atoms with Crippen molar-refractivity contribution in [3.8, 4) is 22.9 Å². The molecule has 0 unspecified atom stereocenters. The Morgan fingerprint density at radius 1 is 0.812 bits per heavy atom. The number of aryl methyl sites for hydroxylation is 3. The Balaban J connectivity index is 1.52. The number of thiophene rings is 1. The Bertz CT molecular complexity index is 1650. The van der Waals surface area contributed by atoms with Crippen LogP contribution in [0.4, 0.5) is 0 Å². The van der Waals surface area contributed by atoms with Gasteiger partial charge in [0.25, 0.3) is 0 Å². The maximum absolute atomic E-state index is 6.43. The van der Waals surface area contributed by atoms with Crippen LogP contribution in [0.5, 0.6) is 11.6 Å². The quantitative estimate of drug-likeness (QED) is 0.274. The number of rotatable bonds is 3. The summed E-state index contributed by atoms with van der Waals surface area (Å²) in [6.45, 7) is 6.27. The van der Waals surface area contributed by atoms with E-state index in [0.717, 1.165) is 53.1 Å². The van der Waals surface area contributed by atoms with Gasteiger partial charge in [-0.1, -0.05) is 30.3 Å². The summed E-state index contributed by atoms with van der Waals surface area (Å²) in [6, 6.07) is 18.7. The molecule has 0 bridgehead atoms. The number of benzene rings is 3. The van der Waals surface area contributed by atoms with Gasteiger partial charge < -0.3 is 4.74 Å². The van der Waals surface area contributed by atoms with Crippen LogP contribution in [-0.4, -0.2) is 15.2 Å². The zero-order chi connectivity index (χ0) is 21.8. The average molecular weight is 454 g/mol. The van der Waals surface area contributed by atoms with Crippen LogP contribution in [0.3, 0.4) is 0 Å². The van der Waals surface area contributed by atoms with Crippen molar-refractivity contribution in [1.82, 2.24) is 15.2 Å². The van der Waals surface area contributed by atoms with Crippen LogP contribution in [0.2, 0.25) is 0 Å². The number of aromatic nitrogens is 3. The summed E-state index contributed by atoms with van der Waals surface area (Å²) >= 11 is 3.37. The summed E-state index contributed by atoms with van der Waals surface area (Å²) in [4.78, 5) is 4.72. The Morgan fingerprint density at radius 3 is 2.50 bits per heavy atom. The minimum Gasteiger partial charge on any atom is -0.436 e. The molecule has 6 rings (SSSR count). The first-order valence-corrected chi connectivity index (χ1v) is 12.1. The summed E-state index contributed by atoms with van der Waals surface area (Å²) in [6.07, 6.45) is 0. The second-order valence-corrected chi connectivity index (χ2v) is 10.1. The van der Waals surface area contributed by atoms with E-state index in [4.69, 9.17) is 9.72 Å². The lowest BCUT2D eigenvalue weighted by molar-refractivity contribution is 0.468. The van der Waals surface area contributed by atoms with Gasteiger partial charge in [-0.05, 0) is 55.5 Å². The van der Waals surface area contributed by atoms with Gasteiger partial charge in [-0.25, -0.2) is 4.98 Å². The van der Waals surface area contributed by atoms with Crippen LogP contribution in [-0.2, 0) is 0 Å². The maximum Gasteiger partial charge on any atom is 0.246 e. The summed E-state index contributed by atoms with van der Waals surface area (Å²) in [5.41, 5.74) is 5.47. The molecular weight excluding hydrogens is 434 g/mol. The number of thiazole rings is 1. The highest BCUT2D eigenvalue weighted by atomic mass is 32.1. The highest BCUT2D eigenvalue weighted by molar-refractivity contribution is 7.21. The van der Waals surface area contributed by atoms with Gasteiger partial charge in [0.1, 0.15) is 11.4 Å². The Hall–Kier alpha value is -3.35. The fourth-order valence-electron chi connectivity index (χ4n) is 4.03. The monoisotopic (exact) mass is 453 g/mol. The van der Waals surface area contributed by atoms with Crippen molar-refractivity contribution in [2.24, 2.45) is 0 Å². The summed E-state index contributed by atoms with van der Waals surface area (Å²) in [5, 5.41) is 15.3. The van der Waals surface area contributed by atoms with Crippen LogP contribution in [0.15, 0.2) is 60.0 Å². The SMILES string of the molecule is Cc1nc2c(cc(Oc3nnc(-c4ccc(C)c(C)c4)c4ccccc34)c3ccsc32)s1. The lowest BCUT2D eigenvalue weighted by atomic mass is 10.0. The van der Waals surface area contributed by atoms with E-state index in [1.165, 1.54) is 11.1 Å². The minimum atomic E-state index is 0.515. The predicted molar refractivity (Wildman–Crippen MR) is 134 cm³/mol. The van der Waals surface area contributed by atoms with Gasteiger partial charge in [-0.2, -0.15) is 0 Å². The molecule has 0 atom stereocenters. The van der Waals surface area contributed by atoms with Crippen molar-refractivity contribution in [3.05, 3.63) is 76.1 Å². The molecule has 0 spiro atoms. The fourth-order valence-corrected chi connectivity index (χ4v) is 5.87. The van der Waals surface area contributed by atoms with E-state index in [1.807, 2.05) is 25.1 Å². The molecule has 156 valence electrons. The second kappa shape index (κ2) is 7.36. The van der Waals surface area contributed by atoms with Crippen molar-refractivity contribution >= 4 is 53.7 Å². The van der Waals surface area contributed by atoms with E-state index >= 15 is 0 Å². The lowest BCUT2D eigenvalue weighted by Crippen LogP contribution is -1.96. The topological polar surface area (TPSA) is 47.9 Å². The number of ether oxygens (including phenoxy) is 1. The minimum absolute atomic E-state index is 0.515. The second-order valence-electron chi connectivity index (χ2n) is 7.92. The molecule has 0 radical (unpaired) electrons. The smallest absolute Gasteiger partial charge is 0.246 e. The Kier molecular flexibility index (Phi) is 4.45. The van der Waals surface area contributed by atoms with Crippen molar-refractivity contribution in [2.75, 3.05) is 0 Å². The zero-order valence-electron chi connectivity index (χ0n) is 17.8. The molecule has 32 heavy (non-hydrogen) atoms. The predicted octanol–water partition coefficient (Wildman–Crippen LogP) is 7.84. The third-order valence-electron chi connectivity index (χ3n) is 5.81. The van der Waals surface area contributed by atoms with E-state index < -0.39 is 0 Å². The lowest BCUT2D eigenvalue weighted by Gasteiger charge is -2.12. The van der Waals surface area contributed by atoms with Gasteiger partial charge in [-0.3, -0.25) is 0 Å². The number of hydrogen-bond donors (Lipinski definition) is 0. The molecule has 0 saturated carbocycles. The standard InChI is InChI=1S/C26H19N3OS2/c1-14-8-9-17(12-15(14)2)23-18-6-4-5-7-19(18)26(29-28-23)30-21-13-22-24(27-16(3)32-22)25-20(21)10-11-31-25/h4-13H,1-3H3. The molecule has 3 aromatic carbocycles. The van der Waals surface area contributed by atoms with E-state index in [9.17, 15) is 0 Å². The number of hydrogen-bond acceptors (Lipinski definition) is 6. The normalized spacial score (nSPS) is 11.6. The highest BCUT2D eigenvalue weighted by Gasteiger charge is 2.17. The molecule has 6 aromatic rings. The first kappa shape index (κ1) is 19.3. The Morgan fingerprint density at radius 2 is 1.66 bits per heavy atom. The van der Waals surface area contributed by atoms with Gasteiger partial charge in [-0.15, -0.1) is 32.9 Å². The Labute approximate surface area is 193 Å². The summed E-state index contributed by atoms with van der Waals surface area (Å²) in [7, 11) is 0. The van der Waals surface area contributed by atoms with Gasteiger partial charge in [0.15, 0.2) is 0 Å². The van der Waals surface area contributed by atoms with Crippen molar-refractivity contribution in [1.29, 1.82) is 0 Å². The molecule has 0 aliphatic heterocycles. The molecule has 3 heterocycles. The largest absolute Gasteiger partial charge is 0.436 e. The molecule has 0 amide bonds. The average Bonchev–Trinajstić information content (AvgIpc) is 3.42. The van der Waals surface area contributed by atoms with Gasteiger partial charge >= 0.3 is 0 Å².